The molecule has 0 amide bonds. The standard InChI is InChI=1S/C36H23NOS/c1-3-12-24(13-4-1)26-22-23-30-28-17-8-10-21-33(28)39-36(30)34(26)37(25-14-5-2-6-15-25)31-19-11-18-29-27-16-7-9-20-32(27)38-35(29)31/h1-23H. The zero-order valence-corrected chi connectivity index (χ0v) is 21.9. The molecule has 0 atom stereocenters. The fraction of sp³-hybridized carbons (Fsp3) is 0. The second kappa shape index (κ2) is 8.87. The van der Waals surface area contributed by atoms with Crippen LogP contribution in [0.3, 0.4) is 0 Å². The van der Waals surface area contributed by atoms with Crippen molar-refractivity contribution in [1.29, 1.82) is 0 Å². The van der Waals surface area contributed by atoms with Gasteiger partial charge in [-0.05, 0) is 35.9 Å². The smallest absolute Gasteiger partial charge is 0.159 e. The van der Waals surface area contributed by atoms with Crippen LogP contribution >= 0.6 is 11.3 Å². The number of thiophene rings is 1. The van der Waals surface area contributed by atoms with Crippen molar-refractivity contribution in [3.63, 3.8) is 0 Å². The maximum atomic E-state index is 6.59. The molecule has 0 fully saturated rings. The fourth-order valence-electron chi connectivity index (χ4n) is 5.72. The molecule has 0 radical (unpaired) electrons. The van der Waals surface area contributed by atoms with E-state index in [1.165, 1.54) is 37.0 Å². The van der Waals surface area contributed by atoms with Gasteiger partial charge in [-0.3, -0.25) is 0 Å². The molecule has 8 aromatic rings. The molecule has 2 aromatic heterocycles. The summed E-state index contributed by atoms with van der Waals surface area (Å²) in [7, 11) is 0. The lowest BCUT2D eigenvalue weighted by atomic mass is 9.99. The summed E-state index contributed by atoms with van der Waals surface area (Å²) in [6, 6.07) is 49.4. The van der Waals surface area contributed by atoms with Gasteiger partial charge < -0.3 is 9.32 Å². The van der Waals surface area contributed by atoms with E-state index in [4.69, 9.17) is 4.42 Å². The van der Waals surface area contributed by atoms with Gasteiger partial charge in [0.05, 0.1) is 16.1 Å². The van der Waals surface area contributed by atoms with E-state index < -0.39 is 0 Å². The van der Waals surface area contributed by atoms with Crippen molar-refractivity contribution in [3.05, 3.63) is 140 Å². The SMILES string of the molecule is c1ccc(-c2ccc3c(sc4ccccc43)c2N(c2ccccc2)c2cccc3c2oc2ccccc23)cc1. The predicted octanol–water partition coefficient (Wildman–Crippen LogP) is 11.1. The number of hydrogen-bond donors (Lipinski definition) is 0. The second-order valence-electron chi connectivity index (χ2n) is 9.73. The molecule has 0 aliphatic rings. The van der Waals surface area contributed by atoms with Crippen LogP contribution in [0.4, 0.5) is 17.1 Å². The molecule has 2 heterocycles. The molecule has 0 saturated carbocycles. The lowest BCUT2D eigenvalue weighted by Gasteiger charge is -2.28. The van der Waals surface area contributed by atoms with Crippen molar-refractivity contribution in [2.75, 3.05) is 4.90 Å². The Morgan fingerprint density at radius 2 is 1.21 bits per heavy atom. The van der Waals surface area contributed by atoms with E-state index in [0.717, 1.165) is 33.3 Å². The summed E-state index contributed by atoms with van der Waals surface area (Å²) < 4.78 is 9.13. The zero-order valence-electron chi connectivity index (χ0n) is 21.0. The normalized spacial score (nSPS) is 11.6. The largest absolute Gasteiger partial charge is 0.454 e. The highest BCUT2D eigenvalue weighted by atomic mass is 32.1. The highest BCUT2D eigenvalue weighted by Gasteiger charge is 2.25. The first-order valence-corrected chi connectivity index (χ1v) is 13.9. The summed E-state index contributed by atoms with van der Waals surface area (Å²) in [5, 5.41) is 4.80. The number of fused-ring (bicyclic) bond motifs is 6. The molecule has 0 N–H and O–H groups in total. The van der Waals surface area contributed by atoms with Gasteiger partial charge in [0.25, 0.3) is 0 Å². The number of rotatable bonds is 4. The minimum atomic E-state index is 0.889. The van der Waals surface area contributed by atoms with Crippen molar-refractivity contribution < 1.29 is 4.42 Å². The van der Waals surface area contributed by atoms with Crippen LogP contribution in [0.15, 0.2) is 144 Å². The number of para-hydroxylation sites is 3. The number of hydrogen-bond acceptors (Lipinski definition) is 3. The first-order valence-electron chi connectivity index (χ1n) is 13.1. The van der Waals surface area contributed by atoms with Crippen LogP contribution in [0, 0.1) is 0 Å². The van der Waals surface area contributed by atoms with E-state index in [2.05, 4.69) is 132 Å². The van der Waals surface area contributed by atoms with Crippen molar-refractivity contribution in [2.24, 2.45) is 0 Å². The first-order chi connectivity index (χ1) is 19.4. The summed E-state index contributed by atoms with van der Waals surface area (Å²) >= 11 is 1.85. The molecule has 0 unspecified atom stereocenters. The Morgan fingerprint density at radius 3 is 2.05 bits per heavy atom. The highest BCUT2D eigenvalue weighted by molar-refractivity contribution is 7.26. The molecule has 2 nitrogen and oxygen atoms in total. The minimum Gasteiger partial charge on any atom is -0.454 e. The predicted molar refractivity (Wildman–Crippen MR) is 167 cm³/mol. The van der Waals surface area contributed by atoms with Gasteiger partial charge in [0.1, 0.15) is 5.58 Å². The summed E-state index contributed by atoms with van der Waals surface area (Å²) in [5.41, 5.74) is 7.44. The van der Waals surface area contributed by atoms with E-state index in [0.29, 0.717) is 0 Å². The molecule has 0 saturated heterocycles. The van der Waals surface area contributed by atoms with Gasteiger partial charge in [0.2, 0.25) is 0 Å². The Labute approximate surface area is 230 Å². The van der Waals surface area contributed by atoms with Gasteiger partial charge in [-0.2, -0.15) is 0 Å². The Bertz CT molecular complexity index is 2120. The van der Waals surface area contributed by atoms with Crippen LogP contribution < -0.4 is 4.90 Å². The summed E-state index contributed by atoms with van der Waals surface area (Å²) in [6.45, 7) is 0. The Kier molecular flexibility index (Phi) is 5.04. The molecular weight excluding hydrogens is 494 g/mol. The second-order valence-corrected chi connectivity index (χ2v) is 10.8. The van der Waals surface area contributed by atoms with E-state index >= 15 is 0 Å². The molecular formula is C36H23NOS. The number of furan rings is 1. The number of nitrogens with zero attached hydrogens (tertiary/aromatic N) is 1. The third-order valence-corrected chi connectivity index (χ3v) is 8.66. The molecule has 0 aliphatic heterocycles. The Balaban J connectivity index is 1.54. The first kappa shape index (κ1) is 22.2. The number of benzene rings is 6. The maximum absolute atomic E-state index is 6.59. The third kappa shape index (κ3) is 3.48. The van der Waals surface area contributed by atoms with Crippen molar-refractivity contribution >= 4 is 70.5 Å². The molecule has 184 valence electrons. The Hall–Kier alpha value is -4.86. The fourth-order valence-corrected chi connectivity index (χ4v) is 6.96. The molecule has 6 aromatic carbocycles. The van der Waals surface area contributed by atoms with E-state index in [1.54, 1.807) is 0 Å². The molecule has 39 heavy (non-hydrogen) atoms. The van der Waals surface area contributed by atoms with Crippen LogP contribution in [0.25, 0.3) is 53.2 Å². The van der Waals surface area contributed by atoms with Crippen LogP contribution in [-0.2, 0) is 0 Å². The van der Waals surface area contributed by atoms with Gasteiger partial charge in [0.15, 0.2) is 5.58 Å². The summed E-state index contributed by atoms with van der Waals surface area (Å²) in [4.78, 5) is 2.39. The van der Waals surface area contributed by atoms with Gasteiger partial charge in [0, 0.05) is 37.5 Å². The summed E-state index contributed by atoms with van der Waals surface area (Å²) in [5.74, 6) is 0. The molecule has 8 rings (SSSR count). The monoisotopic (exact) mass is 517 g/mol. The quantitative estimate of drug-likeness (QED) is 0.231. The van der Waals surface area contributed by atoms with E-state index in [-0.39, 0.29) is 0 Å². The Morgan fingerprint density at radius 1 is 0.513 bits per heavy atom. The van der Waals surface area contributed by atoms with Crippen LogP contribution in [0.2, 0.25) is 0 Å². The van der Waals surface area contributed by atoms with Gasteiger partial charge in [-0.15, -0.1) is 11.3 Å². The van der Waals surface area contributed by atoms with Crippen LogP contribution in [-0.4, -0.2) is 0 Å². The zero-order chi connectivity index (χ0) is 25.8. The van der Waals surface area contributed by atoms with E-state index in [1.807, 2.05) is 23.5 Å². The lowest BCUT2D eigenvalue weighted by Crippen LogP contribution is -2.11. The topological polar surface area (TPSA) is 16.4 Å². The third-order valence-electron chi connectivity index (χ3n) is 7.47. The average Bonchev–Trinajstić information content (AvgIpc) is 3.58. The molecule has 0 spiro atoms. The minimum absolute atomic E-state index is 0.889. The van der Waals surface area contributed by atoms with Gasteiger partial charge >= 0.3 is 0 Å². The molecule has 0 bridgehead atoms. The summed E-state index contributed by atoms with van der Waals surface area (Å²) in [6.07, 6.45) is 0. The van der Waals surface area contributed by atoms with Gasteiger partial charge in [-0.25, -0.2) is 0 Å². The van der Waals surface area contributed by atoms with E-state index in [9.17, 15) is 0 Å². The van der Waals surface area contributed by atoms with Crippen LogP contribution in [0.1, 0.15) is 0 Å². The van der Waals surface area contributed by atoms with Crippen molar-refractivity contribution in [2.45, 2.75) is 0 Å². The molecule has 3 heteroatoms. The lowest BCUT2D eigenvalue weighted by molar-refractivity contribution is 0.669. The highest BCUT2D eigenvalue weighted by Crippen LogP contribution is 2.51. The van der Waals surface area contributed by atoms with Crippen molar-refractivity contribution in [1.82, 2.24) is 0 Å². The van der Waals surface area contributed by atoms with Crippen LogP contribution in [0.5, 0.6) is 0 Å². The molecule has 0 aliphatic carbocycles. The number of anilines is 3. The van der Waals surface area contributed by atoms with Crippen molar-refractivity contribution in [3.8, 4) is 11.1 Å². The average molecular weight is 518 g/mol. The maximum Gasteiger partial charge on any atom is 0.159 e. The van der Waals surface area contributed by atoms with Gasteiger partial charge in [-0.1, -0.05) is 109 Å².